The highest BCUT2D eigenvalue weighted by molar-refractivity contribution is 7.52. The first-order chi connectivity index (χ1) is 18.9. The Balaban J connectivity index is 1.62. The average Bonchev–Trinajstić information content (AvgIpc) is 3.41. The lowest BCUT2D eigenvalue weighted by Crippen LogP contribution is -2.39. The van der Waals surface area contributed by atoms with Gasteiger partial charge in [-0.25, -0.2) is 9.55 Å². The lowest BCUT2D eigenvalue weighted by molar-refractivity contribution is -0.149. The number of fused-ring (bicyclic) bond motifs is 1. The van der Waals surface area contributed by atoms with Crippen molar-refractivity contribution in [1.29, 1.82) is 5.26 Å². The van der Waals surface area contributed by atoms with E-state index in [2.05, 4.69) is 32.7 Å². The van der Waals surface area contributed by atoms with Gasteiger partial charge in [0.25, 0.3) is 5.56 Å². The summed E-state index contributed by atoms with van der Waals surface area (Å²) in [7, 11) is -4.34. The van der Waals surface area contributed by atoms with Crippen LogP contribution in [0.4, 0.5) is 5.95 Å². The highest BCUT2D eigenvalue weighted by Crippen LogP contribution is 2.53. The molecule has 2 unspecified atom stereocenters. The minimum atomic E-state index is -4.34. The fourth-order valence-electron chi connectivity index (χ4n) is 4.41. The minimum absolute atomic E-state index is 0.00993. The quantitative estimate of drug-likeness (QED) is 0.157. The van der Waals surface area contributed by atoms with E-state index in [1.54, 1.807) is 44.2 Å². The fraction of sp³-hybridized carbons (Fsp3) is 0.400. The van der Waals surface area contributed by atoms with Crippen LogP contribution in [0.3, 0.4) is 0 Å². The second-order valence-electron chi connectivity index (χ2n) is 9.66. The number of esters is 1. The zero-order valence-corrected chi connectivity index (χ0v) is 23.0. The molecule has 0 spiro atoms. The summed E-state index contributed by atoms with van der Waals surface area (Å²) >= 11 is 0. The zero-order valence-electron chi connectivity index (χ0n) is 22.1. The van der Waals surface area contributed by atoms with Gasteiger partial charge in [0.05, 0.1) is 37.3 Å². The third-order valence-corrected chi connectivity index (χ3v) is 8.09. The van der Waals surface area contributed by atoms with Gasteiger partial charge in [0, 0.05) is 0 Å². The molecule has 1 saturated carbocycles. The molecule has 0 saturated heterocycles. The van der Waals surface area contributed by atoms with Crippen LogP contribution in [-0.2, 0) is 18.6 Å². The van der Waals surface area contributed by atoms with Crippen molar-refractivity contribution in [2.45, 2.75) is 51.5 Å². The summed E-state index contributed by atoms with van der Waals surface area (Å²) in [6.45, 7) is 8.21. The summed E-state index contributed by atoms with van der Waals surface area (Å²) in [5.74, 6) is -0.644. The first-order valence-corrected chi connectivity index (χ1v) is 13.9. The Labute approximate surface area is 229 Å². The molecule has 1 fully saturated rings. The van der Waals surface area contributed by atoms with Gasteiger partial charge in [0.1, 0.15) is 17.2 Å². The van der Waals surface area contributed by atoms with E-state index < -0.39 is 55.6 Å². The molecule has 0 bridgehead atoms. The number of ether oxygens (including phenoxy) is 1. The van der Waals surface area contributed by atoms with Gasteiger partial charge >= 0.3 is 13.7 Å². The Hall–Kier alpha value is -4.02. The largest absolute Gasteiger partial charge is 0.462 e. The van der Waals surface area contributed by atoms with Gasteiger partial charge in [0.2, 0.25) is 5.95 Å². The lowest BCUT2D eigenvalue weighted by atomic mass is 9.83. The third kappa shape index (κ3) is 5.64. The van der Waals surface area contributed by atoms with Gasteiger partial charge in [-0.1, -0.05) is 24.8 Å². The number of hydrogen-bond donors (Lipinski definition) is 4. The van der Waals surface area contributed by atoms with Gasteiger partial charge in [-0.2, -0.15) is 15.3 Å². The topological polar surface area (TPSA) is 207 Å². The molecule has 0 amide bonds. The van der Waals surface area contributed by atoms with Crippen LogP contribution in [0.2, 0.25) is 0 Å². The van der Waals surface area contributed by atoms with Crippen LogP contribution >= 0.6 is 7.75 Å². The number of aliphatic hydroxyl groups excluding tert-OH is 1. The molecule has 212 valence electrons. The number of anilines is 1. The number of carbonyl (C=O) groups excluding carboxylic acids is 1. The van der Waals surface area contributed by atoms with Crippen molar-refractivity contribution in [3.8, 4) is 11.8 Å². The van der Waals surface area contributed by atoms with Crippen LogP contribution in [0, 0.1) is 16.7 Å². The minimum Gasteiger partial charge on any atom is -0.462 e. The maximum absolute atomic E-state index is 13.9. The molecule has 0 radical (unpaired) electrons. The van der Waals surface area contributed by atoms with E-state index in [9.17, 15) is 24.5 Å². The predicted octanol–water partition coefficient (Wildman–Crippen LogP) is 2.21. The van der Waals surface area contributed by atoms with E-state index in [0.717, 1.165) is 0 Å². The van der Waals surface area contributed by atoms with E-state index in [-0.39, 0.29) is 34.9 Å². The van der Waals surface area contributed by atoms with E-state index in [0.29, 0.717) is 0 Å². The normalized spacial score (nSPS) is 23.1. The Kier molecular flexibility index (Phi) is 8.13. The third-order valence-electron chi connectivity index (χ3n) is 6.46. The number of carbonyl (C=O) groups is 1. The number of nitrogens with one attached hydrogen (secondary N) is 2. The van der Waals surface area contributed by atoms with Crippen molar-refractivity contribution < 1.29 is 28.3 Å². The maximum Gasteiger partial charge on any atom is 0.459 e. The van der Waals surface area contributed by atoms with Crippen LogP contribution in [-0.4, -0.2) is 55.5 Å². The second-order valence-corrected chi connectivity index (χ2v) is 11.4. The highest BCUT2D eigenvalue weighted by atomic mass is 31.2. The SMILES string of the molecule is C=C1[C@@H](n2cnc3c(=O)[nH]c(N)nc32)C[C@H](O)[C@@]1(C#N)COP(=O)(NC(C)C(=O)OC(C)C)Oc1ccccc1. The molecule has 5 atom stereocenters. The summed E-state index contributed by atoms with van der Waals surface area (Å²) in [6.07, 6.45) is -0.400. The number of nitrogens with zero attached hydrogens (tertiary/aromatic N) is 4. The molecule has 40 heavy (non-hydrogen) atoms. The number of aromatic amines is 1. The van der Waals surface area contributed by atoms with Crippen LogP contribution in [0.1, 0.15) is 33.2 Å². The molecule has 1 aliphatic rings. The first-order valence-electron chi connectivity index (χ1n) is 12.4. The number of aromatic nitrogens is 4. The highest BCUT2D eigenvalue weighted by Gasteiger charge is 2.53. The van der Waals surface area contributed by atoms with E-state index in [4.69, 9.17) is 19.5 Å². The number of para-hydroxylation sites is 1. The Morgan fingerprint density at radius 3 is 2.75 bits per heavy atom. The molecule has 14 nitrogen and oxygen atoms in total. The van der Waals surface area contributed by atoms with Gasteiger partial charge in [-0.3, -0.25) is 19.1 Å². The van der Waals surface area contributed by atoms with Crippen LogP contribution in [0.15, 0.2) is 53.6 Å². The van der Waals surface area contributed by atoms with Gasteiger partial charge < -0.3 is 24.7 Å². The number of nitriles is 1. The molecule has 1 aromatic carbocycles. The van der Waals surface area contributed by atoms with Crippen LogP contribution in [0.25, 0.3) is 11.2 Å². The molecule has 4 rings (SSSR count). The zero-order chi connectivity index (χ0) is 29.2. The molecule has 2 heterocycles. The number of benzene rings is 1. The molecular weight excluding hydrogens is 541 g/mol. The summed E-state index contributed by atoms with van der Waals surface area (Å²) in [5.41, 5.74) is 3.79. The summed E-state index contributed by atoms with van der Waals surface area (Å²) in [5, 5.41) is 23.9. The molecular formula is C25H30N7O7P. The number of nitrogen functional groups attached to an aromatic ring is 1. The molecule has 1 aliphatic carbocycles. The van der Waals surface area contributed by atoms with Gasteiger partial charge in [-0.15, -0.1) is 0 Å². The fourth-order valence-corrected chi connectivity index (χ4v) is 5.94. The van der Waals surface area contributed by atoms with E-state index in [1.165, 1.54) is 17.8 Å². The van der Waals surface area contributed by atoms with E-state index in [1.807, 2.05) is 0 Å². The number of rotatable bonds is 10. The molecule has 15 heteroatoms. The van der Waals surface area contributed by atoms with E-state index >= 15 is 0 Å². The first kappa shape index (κ1) is 29.0. The number of H-pyrrole nitrogens is 1. The van der Waals surface area contributed by atoms with Crippen molar-refractivity contribution in [2.75, 3.05) is 12.3 Å². The number of aliphatic hydroxyl groups is 1. The molecule has 5 N–H and O–H groups in total. The molecule has 2 aromatic heterocycles. The second kappa shape index (κ2) is 11.2. The summed E-state index contributed by atoms with van der Waals surface area (Å²) in [6, 6.07) is 8.35. The van der Waals surface area contributed by atoms with Crippen LogP contribution in [0.5, 0.6) is 5.75 Å². The Bertz CT molecular complexity index is 1560. The summed E-state index contributed by atoms with van der Waals surface area (Å²) < 4.78 is 32.0. The average molecular weight is 572 g/mol. The molecule has 0 aliphatic heterocycles. The van der Waals surface area contributed by atoms with Crippen molar-refractivity contribution in [3.63, 3.8) is 0 Å². The number of hydrogen-bond acceptors (Lipinski definition) is 11. The van der Waals surface area contributed by atoms with Crippen molar-refractivity contribution in [2.24, 2.45) is 5.41 Å². The summed E-state index contributed by atoms with van der Waals surface area (Å²) in [4.78, 5) is 35.2. The monoisotopic (exact) mass is 571 g/mol. The Morgan fingerprint density at radius 1 is 1.40 bits per heavy atom. The standard InChI is InChI=1S/C25H30N7O7P/c1-14(2)38-23(35)16(4)31-40(36,39-17-8-6-5-7-9-17)37-12-25(11-26)15(3)18(10-19(25)33)32-13-28-20-21(32)29-24(27)30-22(20)34/h5-9,13-14,16,18-19,33H,3,10,12H2,1-2,4H3,(H,31,36)(H3,27,29,30,34)/t16?,18-,19-,25-,40?/m0/s1. The molecule has 3 aromatic rings. The van der Waals surface area contributed by atoms with Crippen molar-refractivity contribution in [1.82, 2.24) is 24.6 Å². The number of nitrogens with two attached hydrogens (primary N) is 1. The lowest BCUT2D eigenvalue weighted by Gasteiger charge is -2.30. The van der Waals surface area contributed by atoms with Crippen molar-refractivity contribution >= 4 is 30.8 Å². The number of imidazole rings is 1. The van der Waals surface area contributed by atoms with Crippen molar-refractivity contribution in [3.05, 3.63) is 59.2 Å². The predicted molar refractivity (Wildman–Crippen MR) is 144 cm³/mol. The smallest absolute Gasteiger partial charge is 0.459 e. The van der Waals surface area contributed by atoms with Crippen LogP contribution < -0.4 is 20.9 Å². The van der Waals surface area contributed by atoms with Gasteiger partial charge in [-0.05, 0) is 44.9 Å². The maximum atomic E-state index is 13.9. The Morgan fingerprint density at radius 2 is 2.10 bits per heavy atom. The van der Waals surface area contributed by atoms with Gasteiger partial charge in [0.15, 0.2) is 11.2 Å².